The van der Waals surface area contributed by atoms with Crippen LogP contribution in [0.3, 0.4) is 0 Å². The Labute approximate surface area is 122 Å². The molecule has 1 aliphatic heterocycles. The number of nitrogens with zero attached hydrogens (tertiary/aromatic N) is 2. The standard InChI is InChI=1S/C15H18N2O4/c1-15(2)12-6-3-10(17(19)20)9-13(12)16(14(15)18)7-8-21-11-4-5-11/h3,6,9,11H,4-5,7-8H2,1-2H3. The van der Waals surface area contributed by atoms with Gasteiger partial charge in [0.25, 0.3) is 5.69 Å². The zero-order chi connectivity index (χ0) is 15.2. The van der Waals surface area contributed by atoms with Crippen LogP contribution in [0.4, 0.5) is 11.4 Å². The lowest BCUT2D eigenvalue weighted by Gasteiger charge is -2.20. The molecule has 0 bridgehead atoms. The number of amides is 1. The molecule has 1 saturated carbocycles. The molecule has 0 unspecified atom stereocenters. The van der Waals surface area contributed by atoms with Crippen LogP contribution < -0.4 is 4.90 Å². The number of carbonyl (C=O) groups excluding carboxylic acids is 1. The van der Waals surface area contributed by atoms with Crippen molar-refractivity contribution in [3.63, 3.8) is 0 Å². The lowest BCUT2D eigenvalue weighted by atomic mass is 9.86. The van der Waals surface area contributed by atoms with Crippen LogP contribution in [0, 0.1) is 10.1 Å². The van der Waals surface area contributed by atoms with Crippen LogP contribution in [-0.4, -0.2) is 30.1 Å². The quantitative estimate of drug-likeness (QED) is 0.616. The third-order valence-corrected chi connectivity index (χ3v) is 4.13. The van der Waals surface area contributed by atoms with Gasteiger partial charge in [-0.2, -0.15) is 0 Å². The summed E-state index contributed by atoms with van der Waals surface area (Å²) < 4.78 is 5.60. The Hall–Kier alpha value is -1.95. The van der Waals surface area contributed by atoms with Crippen molar-refractivity contribution in [2.45, 2.75) is 38.2 Å². The molecule has 1 fully saturated rings. The Kier molecular flexibility index (Phi) is 3.20. The van der Waals surface area contributed by atoms with Gasteiger partial charge >= 0.3 is 0 Å². The van der Waals surface area contributed by atoms with E-state index in [0.29, 0.717) is 24.9 Å². The van der Waals surface area contributed by atoms with E-state index >= 15 is 0 Å². The minimum Gasteiger partial charge on any atom is -0.376 e. The van der Waals surface area contributed by atoms with Crippen LogP contribution in [0.2, 0.25) is 0 Å². The van der Waals surface area contributed by atoms with Gasteiger partial charge in [0, 0.05) is 18.7 Å². The van der Waals surface area contributed by atoms with Crippen molar-refractivity contribution in [2.24, 2.45) is 0 Å². The highest BCUT2D eigenvalue weighted by molar-refractivity contribution is 6.07. The second-order valence-corrected chi connectivity index (χ2v) is 6.11. The van der Waals surface area contributed by atoms with Crippen molar-refractivity contribution in [3.05, 3.63) is 33.9 Å². The number of hydrogen-bond donors (Lipinski definition) is 0. The summed E-state index contributed by atoms with van der Waals surface area (Å²) in [4.78, 5) is 24.7. The second kappa shape index (κ2) is 4.80. The summed E-state index contributed by atoms with van der Waals surface area (Å²) in [7, 11) is 0. The van der Waals surface area contributed by atoms with Crippen molar-refractivity contribution in [1.82, 2.24) is 0 Å². The summed E-state index contributed by atoms with van der Waals surface area (Å²) in [5.74, 6) is -0.0302. The number of ether oxygens (including phenoxy) is 1. The summed E-state index contributed by atoms with van der Waals surface area (Å²) in [6.07, 6.45) is 2.50. The van der Waals surface area contributed by atoms with E-state index in [9.17, 15) is 14.9 Å². The summed E-state index contributed by atoms with van der Waals surface area (Å²) >= 11 is 0. The fraction of sp³-hybridized carbons (Fsp3) is 0.533. The van der Waals surface area contributed by atoms with Crippen LogP contribution in [-0.2, 0) is 14.9 Å². The van der Waals surface area contributed by atoms with Crippen molar-refractivity contribution in [3.8, 4) is 0 Å². The minimum atomic E-state index is -0.649. The largest absolute Gasteiger partial charge is 0.376 e. The third kappa shape index (κ3) is 2.40. The van der Waals surface area contributed by atoms with E-state index in [4.69, 9.17) is 4.74 Å². The number of hydrogen-bond acceptors (Lipinski definition) is 4. The van der Waals surface area contributed by atoms with Gasteiger partial charge in [-0.25, -0.2) is 0 Å². The fourth-order valence-corrected chi connectivity index (χ4v) is 2.71. The highest BCUT2D eigenvalue weighted by atomic mass is 16.6. The molecule has 21 heavy (non-hydrogen) atoms. The van der Waals surface area contributed by atoms with Gasteiger partial charge in [-0.15, -0.1) is 0 Å². The first kappa shape index (κ1) is 14.0. The predicted molar refractivity (Wildman–Crippen MR) is 77.4 cm³/mol. The Balaban J connectivity index is 1.88. The van der Waals surface area contributed by atoms with E-state index in [1.165, 1.54) is 12.1 Å². The van der Waals surface area contributed by atoms with Crippen molar-refractivity contribution >= 4 is 17.3 Å². The molecule has 0 spiro atoms. The molecule has 0 aromatic heterocycles. The molecular formula is C15H18N2O4. The van der Waals surface area contributed by atoms with Gasteiger partial charge in [-0.1, -0.05) is 0 Å². The van der Waals surface area contributed by atoms with Crippen molar-refractivity contribution in [1.29, 1.82) is 0 Å². The van der Waals surface area contributed by atoms with E-state index in [2.05, 4.69) is 0 Å². The first-order chi connectivity index (χ1) is 9.91. The number of benzene rings is 1. The molecule has 1 aromatic carbocycles. The Morgan fingerprint density at radius 1 is 1.43 bits per heavy atom. The van der Waals surface area contributed by atoms with Gasteiger partial charge in [0.2, 0.25) is 5.91 Å². The van der Waals surface area contributed by atoms with Gasteiger partial charge < -0.3 is 9.64 Å². The van der Waals surface area contributed by atoms with E-state index in [0.717, 1.165) is 18.4 Å². The number of fused-ring (bicyclic) bond motifs is 1. The van der Waals surface area contributed by atoms with Gasteiger partial charge in [-0.05, 0) is 38.3 Å². The van der Waals surface area contributed by atoms with E-state index < -0.39 is 10.3 Å². The molecule has 0 saturated heterocycles. The molecule has 1 heterocycles. The number of carbonyl (C=O) groups is 1. The topological polar surface area (TPSA) is 72.7 Å². The van der Waals surface area contributed by atoms with Crippen molar-refractivity contribution in [2.75, 3.05) is 18.1 Å². The van der Waals surface area contributed by atoms with Gasteiger partial charge in [0.05, 0.1) is 28.7 Å². The summed E-state index contributed by atoms with van der Waals surface area (Å²) in [5.41, 5.74) is 0.833. The van der Waals surface area contributed by atoms with E-state index in [1.54, 1.807) is 11.0 Å². The molecule has 0 atom stereocenters. The zero-order valence-electron chi connectivity index (χ0n) is 12.2. The molecular weight excluding hydrogens is 272 g/mol. The first-order valence-electron chi connectivity index (χ1n) is 7.14. The van der Waals surface area contributed by atoms with Crippen molar-refractivity contribution < 1.29 is 14.5 Å². The molecule has 3 rings (SSSR count). The lowest BCUT2D eigenvalue weighted by molar-refractivity contribution is -0.384. The number of non-ortho nitro benzene ring substituents is 1. The normalized spacial score (nSPS) is 19.7. The monoisotopic (exact) mass is 290 g/mol. The first-order valence-corrected chi connectivity index (χ1v) is 7.14. The maximum Gasteiger partial charge on any atom is 0.271 e. The summed E-state index contributed by atoms with van der Waals surface area (Å²) in [5, 5.41) is 10.9. The van der Waals surface area contributed by atoms with Crippen LogP contribution in [0.1, 0.15) is 32.3 Å². The smallest absolute Gasteiger partial charge is 0.271 e. The molecule has 0 N–H and O–H groups in total. The van der Waals surface area contributed by atoms with Crippen LogP contribution in [0.15, 0.2) is 18.2 Å². The Morgan fingerprint density at radius 2 is 2.14 bits per heavy atom. The molecule has 1 amide bonds. The third-order valence-electron chi connectivity index (χ3n) is 4.13. The summed E-state index contributed by atoms with van der Waals surface area (Å²) in [6, 6.07) is 4.63. The van der Waals surface area contributed by atoms with Gasteiger partial charge in [0.1, 0.15) is 0 Å². The maximum absolute atomic E-state index is 12.6. The number of nitro benzene ring substituents is 1. The van der Waals surface area contributed by atoms with Gasteiger partial charge in [0.15, 0.2) is 0 Å². The SMILES string of the molecule is CC1(C)C(=O)N(CCOC2CC2)c2cc([N+](=O)[O-])ccc21. The Bertz CT molecular complexity index is 608. The second-order valence-electron chi connectivity index (χ2n) is 6.11. The maximum atomic E-state index is 12.6. The average molecular weight is 290 g/mol. The summed E-state index contributed by atoms with van der Waals surface area (Å²) in [6.45, 7) is 4.60. The molecule has 6 nitrogen and oxygen atoms in total. The van der Waals surface area contributed by atoms with Crippen LogP contribution in [0.25, 0.3) is 0 Å². The molecule has 1 aromatic rings. The highest BCUT2D eigenvalue weighted by Gasteiger charge is 2.44. The average Bonchev–Trinajstić information content (AvgIpc) is 3.23. The molecule has 112 valence electrons. The molecule has 0 radical (unpaired) electrons. The highest BCUT2D eigenvalue weighted by Crippen LogP contribution is 2.43. The predicted octanol–water partition coefficient (Wildman–Crippen LogP) is 2.40. The van der Waals surface area contributed by atoms with E-state index in [1.807, 2.05) is 13.8 Å². The van der Waals surface area contributed by atoms with Gasteiger partial charge in [-0.3, -0.25) is 14.9 Å². The number of anilines is 1. The lowest BCUT2D eigenvalue weighted by Crippen LogP contribution is -2.38. The molecule has 1 aliphatic carbocycles. The fourth-order valence-electron chi connectivity index (χ4n) is 2.71. The van der Waals surface area contributed by atoms with E-state index in [-0.39, 0.29) is 11.6 Å². The number of rotatable bonds is 5. The molecule has 6 heteroatoms. The number of nitro groups is 1. The van der Waals surface area contributed by atoms with Crippen LogP contribution >= 0.6 is 0 Å². The minimum absolute atomic E-state index is 0.00682. The molecule has 2 aliphatic rings. The Morgan fingerprint density at radius 3 is 2.76 bits per heavy atom. The van der Waals surface area contributed by atoms with Crippen LogP contribution in [0.5, 0.6) is 0 Å². The zero-order valence-corrected chi connectivity index (χ0v) is 12.2.